The van der Waals surface area contributed by atoms with E-state index in [2.05, 4.69) is 10.0 Å². The van der Waals surface area contributed by atoms with E-state index >= 15 is 0 Å². The number of carbonyl (C=O) groups is 2. The number of hydrogen-bond donors (Lipinski definition) is 2. The summed E-state index contributed by atoms with van der Waals surface area (Å²) in [5, 5.41) is 3.01. The number of nitrogens with one attached hydrogen (secondary N) is 2. The molecule has 7 nitrogen and oxygen atoms in total. The third-order valence-corrected chi connectivity index (χ3v) is 9.88. The molecule has 0 radical (unpaired) electrons. The summed E-state index contributed by atoms with van der Waals surface area (Å²) in [5.74, 6) is 0.970. The fourth-order valence-corrected chi connectivity index (χ4v) is 8.24. The predicted molar refractivity (Wildman–Crippen MR) is 133 cm³/mol. The molecule has 184 valence electrons. The second kappa shape index (κ2) is 10.0. The van der Waals surface area contributed by atoms with Crippen LogP contribution in [0.5, 0.6) is 0 Å². The van der Waals surface area contributed by atoms with E-state index in [0.717, 1.165) is 23.7 Å². The second-order valence-corrected chi connectivity index (χ2v) is 13.0. The molecule has 0 saturated heterocycles. The largest absolute Gasteiger partial charge is 0.449 e. The smallest absolute Gasteiger partial charge is 0.338 e. The fourth-order valence-electron chi connectivity index (χ4n) is 5.03. The van der Waals surface area contributed by atoms with Crippen LogP contribution in [-0.2, 0) is 19.6 Å². The van der Waals surface area contributed by atoms with Crippen molar-refractivity contribution >= 4 is 62.1 Å². The minimum atomic E-state index is -3.93. The van der Waals surface area contributed by atoms with E-state index in [4.69, 9.17) is 27.9 Å². The summed E-state index contributed by atoms with van der Waals surface area (Å²) in [4.78, 5) is 25.0. The van der Waals surface area contributed by atoms with Gasteiger partial charge in [-0.1, -0.05) is 29.6 Å². The Balaban J connectivity index is 1.31. The number of rotatable bonds is 8. The van der Waals surface area contributed by atoms with Crippen molar-refractivity contribution in [1.29, 1.82) is 0 Å². The van der Waals surface area contributed by atoms with Crippen molar-refractivity contribution < 1.29 is 22.7 Å². The number of fused-ring (bicyclic) bond motifs is 2. The summed E-state index contributed by atoms with van der Waals surface area (Å²) >= 11 is 12.7. The quantitative estimate of drug-likeness (QED) is 0.436. The van der Waals surface area contributed by atoms with E-state index in [1.54, 1.807) is 6.92 Å². The molecular formula is C23H26Cl2N2O5S2. The zero-order valence-electron chi connectivity index (χ0n) is 18.7. The number of carbonyl (C=O) groups excluding carboxylic acids is 2. The third kappa shape index (κ3) is 5.53. The van der Waals surface area contributed by atoms with Crippen LogP contribution in [0.4, 0.5) is 5.69 Å². The van der Waals surface area contributed by atoms with Crippen LogP contribution in [-0.4, -0.2) is 32.4 Å². The molecule has 0 spiro atoms. The van der Waals surface area contributed by atoms with Gasteiger partial charge in [0.25, 0.3) is 15.9 Å². The van der Waals surface area contributed by atoms with E-state index in [9.17, 15) is 18.0 Å². The maximum atomic E-state index is 12.6. The van der Waals surface area contributed by atoms with Gasteiger partial charge in [-0.3, -0.25) is 9.52 Å². The van der Waals surface area contributed by atoms with E-state index in [-0.39, 0.29) is 36.8 Å². The zero-order valence-corrected chi connectivity index (χ0v) is 21.9. The van der Waals surface area contributed by atoms with E-state index in [1.165, 1.54) is 49.6 Å². The van der Waals surface area contributed by atoms with Crippen LogP contribution >= 0.6 is 34.5 Å². The molecular weight excluding hydrogens is 519 g/mol. The van der Waals surface area contributed by atoms with E-state index in [0.29, 0.717) is 11.8 Å². The summed E-state index contributed by atoms with van der Waals surface area (Å²) in [5.41, 5.74) is 0.431. The highest BCUT2D eigenvalue weighted by Gasteiger charge is 2.42. The Bertz CT molecular complexity index is 1180. The first-order valence-corrected chi connectivity index (χ1v) is 14.2. The molecule has 2 fully saturated rings. The Morgan fingerprint density at radius 2 is 1.82 bits per heavy atom. The van der Waals surface area contributed by atoms with Crippen molar-refractivity contribution in [3.05, 3.63) is 44.6 Å². The summed E-state index contributed by atoms with van der Waals surface area (Å²) in [6, 6.07) is 7.02. The highest BCUT2D eigenvalue weighted by atomic mass is 35.5. The first-order valence-electron chi connectivity index (χ1n) is 11.1. The standard InChI is InChI=1S/C23H26Cl2N2O5S2/c1-12(18-10-14-3-4-16(18)9-14)26-22(28)13(2)32-23(29)15-5-7-17(8-6-15)27-34(30,31)19-11-20(24)33-21(19)25/h5-8,11-14,16,18,27H,3-4,9-10H2,1-2H3,(H,26,28)/t12-,13+,14+,16+,18+/m1/s1. The van der Waals surface area contributed by atoms with Crippen molar-refractivity contribution in [3.63, 3.8) is 0 Å². The Kier molecular flexibility index (Phi) is 7.47. The van der Waals surface area contributed by atoms with Crippen LogP contribution in [0.25, 0.3) is 0 Å². The van der Waals surface area contributed by atoms with Crippen LogP contribution < -0.4 is 10.0 Å². The average Bonchev–Trinajstić information content (AvgIpc) is 3.49. The van der Waals surface area contributed by atoms with Gasteiger partial charge in [0.1, 0.15) is 9.23 Å². The first-order chi connectivity index (χ1) is 16.0. The summed E-state index contributed by atoms with van der Waals surface area (Å²) in [6.07, 6.45) is 4.00. The lowest BCUT2D eigenvalue weighted by Crippen LogP contribution is -2.45. The van der Waals surface area contributed by atoms with Crippen LogP contribution in [0.2, 0.25) is 8.67 Å². The molecule has 4 rings (SSSR count). The van der Waals surface area contributed by atoms with Gasteiger partial charge in [0.2, 0.25) is 0 Å². The molecule has 2 saturated carbocycles. The fraction of sp³-hybridized carbons (Fsp3) is 0.478. The molecule has 2 aliphatic rings. The number of amides is 1. The maximum Gasteiger partial charge on any atom is 0.338 e. The Morgan fingerprint density at radius 3 is 2.38 bits per heavy atom. The molecule has 5 atom stereocenters. The van der Waals surface area contributed by atoms with Crippen molar-refractivity contribution in [3.8, 4) is 0 Å². The Labute approximate surface area is 213 Å². The summed E-state index contributed by atoms with van der Waals surface area (Å²) in [6.45, 7) is 3.56. The molecule has 1 amide bonds. The molecule has 1 heterocycles. The number of anilines is 1. The molecule has 1 aromatic heterocycles. The molecule has 11 heteroatoms. The van der Waals surface area contributed by atoms with Crippen molar-refractivity contribution in [1.82, 2.24) is 5.32 Å². The monoisotopic (exact) mass is 544 g/mol. The number of hydrogen-bond acceptors (Lipinski definition) is 6. The van der Waals surface area contributed by atoms with Gasteiger partial charge in [0, 0.05) is 11.7 Å². The second-order valence-electron chi connectivity index (χ2n) is 9.05. The van der Waals surface area contributed by atoms with Crippen LogP contribution in [0, 0.1) is 17.8 Å². The molecule has 2 aliphatic carbocycles. The molecule has 0 aliphatic heterocycles. The van der Waals surface area contributed by atoms with Gasteiger partial charge in [-0.15, -0.1) is 11.3 Å². The lowest BCUT2D eigenvalue weighted by atomic mass is 9.84. The SMILES string of the molecule is C[C@H](OC(=O)c1ccc(NS(=O)(=O)c2cc(Cl)sc2Cl)cc1)C(=O)N[C@H](C)[C@@H]1C[C@H]2CC[C@H]1C2. The van der Waals surface area contributed by atoms with Gasteiger partial charge < -0.3 is 10.1 Å². The van der Waals surface area contributed by atoms with Gasteiger partial charge >= 0.3 is 5.97 Å². The lowest BCUT2D eigenvalue weighted by Gasteiger charge is -2.29. The topological polar surface area (TPSA) is 102 Å². The van der Waals surface area contributed by atoms with E-state index < -0.39 is 22.1 Å². The third-order valence-electron chi connectivity index (χ3n) is 6.75. The number of ether oxygens (including phenoxy) is 1. The lowest BCUT2D eigenvalue weighted by molar-refractivity contribution is -0.130. The molecule has 2 bridgehead atoms. The summed E-state index contributed by atoms with van der Waals surface area (Å²) < 4.78 is 33.1. The van der Waals surface area contributed by atoms with Crippen molar-refractivity contribution in [2.75, 3.05) is 4.72 Å². The highest BCUT2D eigenvalue weighted by Crippen LogP contribution is 2.49. The minimum Gasteiger partial charge on any atom is -0.449 e. The number of benzene rings is 1. The first kappa shape index (κ1) is 25.3. The molecule has 2 aromatic rings. The van der Waals surface area contributed by atoms with Crippen molar-refractivity contribution in [2.24, 2.45) is 17.8 Å². The molecule has 1 aromatic carbocycles. The number of sulfonamides is 1. The Hall–Kier alpha value is -1.81. The van der Waals surface area contributed by atoms with E-state index in [1.807, 2.05) is 6.92 Å². The molecule has 34 heavy (non-hydrogen) atoms. The number of esters is 1. The molecule has 2 N–H and O–H groups in total. The van der Waals surface area contributed by atoms with Gasteiger partial charge in [-0.05, 0) is 81.2 Å². The average molecular weight is 546 g/mol. The van der Waals surface area contributed by atoms with Crippen LogP contribution in [0.15, 0.2) is 35.2 Å². The number of halogens is 2. The van der Waals surface area contributed by atoms with Crippen LogP contribution in [0.1, 0.15) is 49.9 Å². The maximum absolute atomic E-state index is 12.6. The van der Waals surface area contributed by atoms with Gasteiger partial charge in [-0.2, -0.15) is 0 Å². The summed E-state index contributed by atoms with van der Waals surface area (Å²) in [7, 11) is -3.93. The molecule has 0 unspecified atom stereocenters. The van der Waals surface area contributed by atoms with Gasteiger partial charge in [-0.25, -0.2) is 13.2 Å². The highest BCUT2D eigenvalue weighted by molar-refractivity contribution is 7.93. The minimum absolute atomic E-state index is 0.0443. The Morgan fingerprint density at radius 1 is 1.12 bits per heavy atom. The van der Waals surface area contributed by atoms with Crippen LogP contribution in [0.3, 0.4) is 0 Å². The normalized spacial score (nSPS) is 23.4. The van der Waals surface area contributed by atoms with Gasteiger partial charge in [0.15, 0.2) is 6.10 Å². The zero-order chi connectivity index (χ0) is 24.6. The van der Waals surface area contributed by atoms with Crippen molar-refractivity contribution in [2.45, 2.75) is 56.6 Å². The van der Waals surface area contributed by atoms with Gasteiger partial charge in [0.05, 0.1) is 9.90 Å². The predicted octanol–water partition coefficient (Wildman–Crippen LogP) is 5.34. The number of thiophene rings is 1.